The molecule has 1 fully saturated rings. The molecule has 90 valence electrons. The van der Waals surface area contributed by atoms with Crippen LogP contribution in [0, 0.1) is 11.3 Å². The molecule has 1 N–H and O–H groups in total. The van der Waals surface area contributed by atoms with Crippen LogP contribution in [0.2, 0.25) is 0 Å². The van der Waals surface area contributed by atoms with Crippen LogP contribution in [0.15, 0.2) is 14.3 Å². The van der Waals surface area contributed by atoms with Gasteiger partial charge in [0.05, 0.1) is 14.7 Å². The highest BCUT2D eigenvalue weighted by Gasteiger charge is 2.36. The number of carbonyl (C=O) groups excluding carboxylic acids is 1. The Balaban J connectivity index is 2.14. The Kier molecular flexibility index (Phi) is 4.18. The second-order valence-corrected chi connectivity index (χ2v) is 8.01. The van der Waals surface area contributed by atoms with Crippen LogP contribution in [0.3, 0.4) is 0 Å². The highest BCUT2D eigenvalue weighted by Crippen LogP contribution is 2.33. The van der Waals surface area contributed by atoms with Gasteiger partial charge in [0.2, 0.25) is 0 Å². The van der Waals surface area contributed by atoms with Crippen LogP contribution >= 0.6 is 55.0 Å². The smallest absolute Gasteiger partial charge is 0.262 e. The summed E-state index contributed by atoms with van der Waals surface area (Å²) in [6, 6.07) is 3.99. The second kappa shape index (κ2) is 5.31. The Morgan fingerprint density at radius 2 is 2.35 bits per heavy atom. The normalized spacial score (nSPS) is 23.4. The van der Waals surface area contributed by atoms with E-state index in [4.69, 9.17) is 0 Å². The summed E-state index contributed by atoms with van der Waals surface area (Å²) in [5.41, 5.74) is -0.690. The molecule has 2 heterocycles. The lowest BCUT2D eigenvalue weighted by atomic mass is 10.0. The molecule has 0 aliphatic carbocycles. The van der Waals surface area contributed by atoms with E-state index in [0.29, 0.717) is 17.1 Å². The standard InChI is InChI=1S/C10H8Br2N2OS2/c11-6-3-7(17-8(6)12)9(15)14-10(4-13)1-2-16-5-10/h3H,1-2,5H2,(H,14,15). The number of nitrogens with one attached hydrogen (secondary N) is 1. The molecule has 1 unspecified atom stereocenters. The largest absolute Gasteiger partial charge is 0.332 e. The summed E-state index contributed by atoms with van der Waals surface area (Å²) in [6.07, 6.45) is 0.716. The van der Waals surface area contributed by atoms with Gasteiger partial charge in [-0.3, -0.25) is 4.79 Å². The van der Waals surface area contributed by atoms with Gasteiger partial charge in [0.15, 0.2) is 0 Å². The highest BCUT2D eigenvalue weighted by atomic mass is 79.9. The molecule has 0 saturated carbocycles. The SMILES string of the molecule is N#CC1(NC(=O)c2cc(Br)c(Br)s2)CCSC1. The second-order valence-electron chi connectivity index (χ2n) is 3.68. The maximum Gasteiger partial charge on any atom is 0.262 e. The molecule has 1 aliphatic rings. The molecule has 17 heavy (non-hydrogen) atoms. The Morgan fingerprint density at radius 3 is 2.82 bits per heavy atom. The van der Waals surface area contributed by atoms with E-state index in [9.17, 15) is 10.1 Å². The zero-order valence-corrected chi connectivity index (χ0v) is 13.4. The minimum Gasteiger partial charge on any atom is -0.332 e. The van der Waals surface area contributed by atoms with E-state index in [-0.39, 0.29) is 5.91 Å². The molecule has 0 aromatic carbocycles. The molecule has 0 bridgehead atoms. The third kappa shape index (κ3) is 2.87. The lowest BCUT2D eigenvalue weighted by Gasteiger charge is -2.20. The van der Waals surface area contributed by atoms with E-state index in [1.807, 2.05) is 0 Å². The number of hydrogen-bond acceptors (Lipinski definition) is 4. The van der Waals surface area contributed by atoms with E-state index < -0.39 is 5.54 Å². The molecular weight excluding hydrogens is 388 g/mol. The summed E-state index contributed by atoms with van der Waals surface area (Å²) < 4.78 is 1.74. The van der Waals surface area contributed by atoms with Gasteiger partial charge in [0, 0.05) is 10.2 Å². The highest BCUT2D eigenvalue weighted by molar-refractivity contribution is 9.13. The van der Waals surface area contributed by atoms with Crippen molar-refractivity contribution in [2.24, 2.45) is 0 Å². The molecule has 1 aliphatic heterocycles. The average Bonchev–Trinajstić information content (AvgIpc) is 2.88. The number of carbonyl (C=O) groups is 1. The Morgan fingerprint density at radius 1 is 1.59 bits per heavy atom. The van der Waals surface area contributed by atoms with Crippen molar-refractivity contribution >= 4 is 60.9 Å². The van der Waals surface area contributed by atoms with Crippen molar-refractivity contribution in [3.8, 4) is 6.07 Å². The van der Waals surface area contributed by atoms with Gasteiger partial charge in [-0.25, -0.2) is 0 Å². The van der Waals surface area contributed by atoms with E-state index in [1.54, 1.807) is 17.8 Å². The van der Waals surface area contributed by atoms with Gasteiger partial charge in [-0.05, 0) is 50.1 Å². The Bertz CT molecular complexity index is 469. The molecule has 1 saturated heterocycles. The van der Waals surface area contributed by atoms with Crippen molar-refractivity contribution in [1.29, 1.82) is 5.26 Å². The summed E-state index contributed by atoms with van der Waals surface area (Å²) >= 11 is 9.75. The number of thiophene rings is 1. The van der Waals surface area contributed by atoms with Crippen molar-refractivity contribution in [2.75, 3.05) is 11.5 Å². The third-order valence-electron chi connectivity index (χ3n) is 2.46. The Hall–Kier alpha value is -0.0300. The molecule has 0 radical (unpaired) electrons. The quantitative estimate of drug-likeness (QED) is 0.834. The number of amides is 1. The van der Waals surface area contributed by atoms with Crippen LogP contribution in [-0.4, -0.2) is 23.0 Å². The van der Waals surface area contributed by atoms with E-state index in [1.165, 1.54) is 11.3 Å². The number of rotatable bonds is 2. The van der Waals surface area contributed by atoms with Crippen LogP contribution in [-0.2, 0) is 0 Å². The maximum absolute atomic E-state index is 12.0. The number of thioether (sulfide) groups is 1. The Labute approximate surface area is 124 Å². The van der Waals surface area contributed by atoms with Gasteiger partial charge in [-0.15, -0.1) is 11.3 Å². The number of halogens is 2. The first-order valence-corrected chi connectivity index (χ1v) is 8.38. The number of nitriles is 1. The summed E-state index contributed by atoms with van der Waals surface area (Å²) in [6.45, 7) is 0. The van der Waals surface area contributed by atoms with Gasteiger partial charge in [0.25, 0.3) is 5.91 Å². The topological polar surface area (TPSA) is 52.9 Å². The lowest BCUT2D eigenvalue weighted by molar-refractivity contribution is 0.0930. The molecule has 1 atom stereocenters. The molecule has 1 aromatic rings. The summed E-state index contributed by atoms with van der Waals surface area (Å²) in [7, 11) is 0. The first kappa shape index (κ1) is 13.4. The lowest BCUT2D eigenvalue weighted by Crippen LogP contribution is -2.47. The van der Waals surface area contributed by atoms with Crippen LogP contribution < -0.4 is 5.32 Å². The molecular formula is C10H8Br2N2OS2. The molecule has 1 aromatic heterocycles. The predicted octanol–water partition coefficient (Wildman–Crippen LogP) is 3.40. The van der Waals surface area contributed by atoms with Crippen molar-refractivity contribution in [1.82, 2.24) is 5.32 Å². The zero-order valence-electron chi connectivity index (χ0n) is 8.63. The number of hydrogen-bond donors (Lipinski definition) is 1. The van der Waals surface area contributed by atoms with Crippen molar-refractivity contribution in [2.45, 2.75) is 12.0 Å². The van der Waals surface area contributed by atoms with Gasteiger partial charge in [-0.2, -0.15) is 17.0 Å². The average molecular weight is 396 g/mol. The molecule has 2 rings (SSSR count). The van der Waals surface area contributed by atoms with Gasteiger partial charge < -0.3 is 5.32 Å². The van der Waals surface area contributed by atoms with Crippen LogP contribution in [0.4, 0.5) is 0 Å². The van der Waals surface area contributed by atoms with Gasteiger partial charge in [-0.1, -0.05) is 0 Å². The fourth-order valence-electron chi connectivity index (χ4n) is 1.52. The summed E-state index contributed by atoms with van der Waals surface area (Å²) in [4.78, 5) is 12.6. The monoisotopic (exact) mass is 394 g/mol. The fraction of sp³-hybridized carbons (Fsp3) is 0.400. The van der Waals surface area contributed by atoms with Gasteiger partial charge in [0.1, 0.15) is 5.54 Å². The summed E-state index contributed by atoms with van der Waals surface area (Å²) in [5, 5.41) is 12.0. The summed E-state index contributed by atoms with van der Waals surface area (Å²) in [5.74, 6) is 1.42. The molecule has 3 nitrogen and oxygen atoms in total. The van der Waals surface area contributed by atoms with Crippen LogP contribution in [0.25, 0.3) is 0 Å². The van der Waals surface area contributed by atoms with Crippen molar-refractivity contribution in [3.05, 3.63) is 19.2 Å². The van der Waals surface area contributed by atoms with Crippen LogP contribution in [0.1, 0.15) is 16.1 Å². The van der Waals surface area contributed by atoms with Crippen molar-refractivity contribution < 1.29 is 4.79 Å². The number of nitrogens with zero attached hydrogens (tertiary/aromatic N) is 1. The predicted molar refractivity (Wildman–Crippen MR) is 77.5 cm³/mol. The minimum atomic E-state index is -0.690. The molecule has 1 amide bonds. The van der Waals surface area contributed by atoms with E-state index in [0.717, 1.165) is 14.0 Å². The third-order valence-corrected chi connectivity index (χ3v) is 6.90. The minimum absolute atomic E-state index is 0.176. The van der Waals surface area contributed by atoms with Gasteiger partial charge >= 0.3 is 0 Å². The molecule has 7 heteroatoms. The van der Waals surface area contributed by atoms with Crippen molar-refractivity contribution in [3.63, 3.8) is 0 Å². The fourth-order valence-corrected chi connectivity index (χ4v) is 4.71. The first-order valence-electron chi connectivity index (χ1n) is 4.83. The zero-order chi connectivity index (χ0) is 12.5. The molecule has 0 spiro atoms. The maximum atomic E-state index is 12.0. The first-order chi connectivity index (χ1) is 8.06. The van der Waals surface area contributed by atoms with E-state index in [2.05, 4.69) is 43.2 Å². The van der Waals surface area contributed by atoms with Crippen LogP contribution in [0.5, 0.6) is 0 Å². The van der Waals surface area contributed by atoms with E-state index >= 15 is 0 Å².